The average Bonchev–Trinajstić information content (AvgIpc) is 3.00. The number of aromatic nitrogens is 2. The molecule has 0 saturated heterocycles. The van der Waals surface area contributed by atoms with E-state index < -0.39 is 0 Å². The Morgan fingerprint density at radius 2 is 2.19 bits per heavy atom. The van der Waals surface area contributed by atoms with Crippen molar-refractivity contribution in [1.29, 1.82) is 0 Å². The molecule has 3 aromatic rings. The van der Waals surface area contributed by atoms with Crippen LogP contribution in [0.25, 0.3) is 10.8 Å². The normalized spacial score (nSPS) is 10.7. The van der Waals surface area contributed by atoms with Crippen LogP contribution < -0.4 is 5.32 Å². The molecule has 0 aliphatic carbocycles. The number of carbonyl (C=O) groups is 1. The molecule has 0 radical (unpaired) electrons. The number of H-pyrrole nitrogens is 1. The van der Waals surface area contributed by atoms with E-state index in [1.165, 1.54) is 0 Å². The predicted octanol–water partition coefficient (Wildman–Crippen LogP) is 3.30. The van der Waals surface area contributed by atoms with E-state index in [0.717, 1.165) is 21.1 Å². The molecule has 1 aromatic heterocycles. The Labute approximate surface area is 130 Å². The molecule has 1 heterocycles. The van der Waals surface area contributed by atoms with Gasteiger partial charge in [-0.1, -0.05) is 34.1 Å². The lowest BCUT2D eigenvalue weighted by Gasteiger charge is -2.06. The van der Waals surface area contributed by atoms with Gasteiger partial charge >= 0.3 is 0 Å². The van der Waals surface area contributed by atoms with E-state index in [2.05, 4.69) is 31.2 Å². The predicted molar refractivity (Wildman–Crippen MR) is 86.3 cm³/mol. The number of benzene rings is 2. The fraction of sp³-hybridized carbons (Fsp3) is 0.125. The molecule has 0 bridgehead atoms. The first-order chi connectivity index (χ1) is 10.2. The van der Waals surface area contributed by atoms with Crippen LogP contribution in [0.3, 0.4) is 0 Å². The summed E-state index contributed by atoms with van der Waals surface area (Å²) in [5.74, 6) is 0.807. The van der Waals surface area contributed by atoms with Gasteiger partial charge in [0, 0.05) is 35.4 Å². The van der Waals surface area contributed by atoms with Gasteiger partial charge in [-0.25, -0.2) is 4.98 Å². The maximum Gasteiger partial charge on any atom is 0.251 e. The molecule has 5 heteroatoms. The lowest BCUT2D eigenvalue weighted by Crippen LogP contribution is -2.25. The van der Waals surface area contributed by atoms with Crippen LogP contribution in [0.4, 0.5) is 0 Å². The van der Waals surface area contributed by atoms with Crippen LogP contribution in [-0.4, -0.2) is 22.4 Å². The lowest BCUT2D eigenvalue weighted by atomic mass is 10.1. The van der Waals surface area contributed by atoms with Gasteiger partial charge in [-0.05, 0) is 29.0 Å². The van der Waals surface area contributed by atoms with Crippen LogP contribution in [0.1, 0.15) is 16.2 Å². The van der Waals surface area contributed by atoms with Crippen molar-refractivity contribution < 1.29 is 4.79 Å². The third-order valence-electron chi connectivity index (χ3n) is 3.29. The summed E-state index contributed by atoms with van der Waals surface area (Å²) in [5, 5.41) is 5.05. The van der Waals surface area contributed by atoms with E-state index in [9.17, 15) is 4.79 Å². The lowest BCUT2D eigenvalue weighted by molar-refractivity contribution is 0.0954. The van der Waals surface area contributed by atoms with Crippen molar-refractivity contribution in [3.05, 3.63) is 64.7 Å². The maximum absolute atomic E-state index is 12.1. The zero-order chi connectivity index (χ0) is 14.7. The van der Waals surface area contributed by atoms with Crippen molar-refractivity contribution in [3.8, 4) is 0 Å². The first-order valence-electron chi connectivity index (χ1n) is 6.69. The second kappa shape index (κ2) is 6.10. The minimum atomic E-state index is -0.0663. The number of nitrogens with zero attached hydrogens (tertiary/aromatic N) is 1. The van der Waals surface area contributed by atoms with Gasteiger partial charge in [-0.15, -0.1) is 0 Å². The summed E-state index contributed by atoms with van der Waals surface area (Å²) in [5.41, 5.74) is 0.667. The molecular weight excluding hydrogens is 330 g/mol. The van der Waals surface area contributed by atoms with Gasteiger partial charge in [0.2, 0.25) is 0 Å². The van der Waals surface area contributed by atoms with Crippen molar-refractivity contribution in [2.75, 3.05) is 6.54 Å². The first-order valence-corrected chi connectivity index (χ1v) is 7.48. The highest BCUT2D eigenvalue weighted by Gasteiger charge is 2.07. The summed E-state index contributed by atoms with van der Waals surface area (Å²) in [6, 6.07) is 11.7. The minimum Gasteiger partial charge on any atom is -0.352 e. The smallest absolute Gasteiger partial charge is 0.251 e. The summed E-state index contributed by atoms with van der Waals surface area (Å²) in [4.78, 5) is 19.3. The van der Waals surface area contributed by atoms with E-state index >= 15 is 0 Å². The summed E-state index contributed by atoms with van der Waals surface area (Å²) < 4.78 is 1.03. The third-order valence-corrected chi connectivity index (χ3v) is 3.98. The monoisotopic (exact) mass is 343 g/mol. The van der Waals surface area contributed by atoms with Crippen LogP contribution in [0, 0.1) is 0 Å². The topological polar surface area (TPSA) is 57.8 Å². The molecule has 106 valence electrons. The van der Waals surface area contributed by atoms with E-state index in [4.69, 9.17) is 0 Å². The third kappa shape index (κ3) is 3.13. The SMILES string of the molecule is O=C(NCCc1ncc[nH]1)c1ccc2c(Br)cccc2c1. The standard InChI is InChI=1S/C16H14BrN3O/c17-14-3-1-2-11-10-12(4-5-13(11)14)16(21)20-7-6-15-18-8-9-19-15/h1-5,8-10H,6-7H2,(H,18,19)(H,20,21). The molecule has 21 heavy (non-hydrogen) atoms. The van der Waals surface area contributed by atoms with Crippen molar-refractivity contribution in [2.45, 2.75) is 6.42 Å². The summed E-state index contributed by atoms with van der Waals surface area (Å²) >= 11 is 3.51. The largest absolute Gasteiger partial charge is 0.352 e. The number of amides is 1. The molecule has 0 saturated carbocycles. The number of nitrogens with one attached hydrogen (secondary N) is 2. The maximum atomic E-state index is 12.1. The molecule has 0 unspecified atom stereocenters. The molecule has 0 fully saturated rings. The molecule has 0 spiro atoms. The minimum absolute atomic E-state index is 0.0663. The van der Waals surface area contributed by atoms with Gasteiger partial charge in [0.15, 0.2) is 0 Å². The second-order valence-electron chi connectivity index (χ2n) is 4.72. The Balaban J connectivity index is 1.69. The van der Waals surface area contributed by atoms with Crippen molar-refractivity contribution in [3.63, 3.8) is 0 Å². The molecule has 4 nitrogen and oxygen atoms in total. The molecule has 2 aromatic carbocycles. The highest BCUT2D eigenvalue weighted by molar-refractivity contribution is 9.10. The van der Waals surface area contributed by atoms with Gasteiger partial charge in [-0.2, -0.15) is 0 Å². The van der Waals surface area contributed by atoms with Crippen molar-refractivity contribution >= 4 is 32.6 Å². The molecule has 1 amide bonds. The van der Waals surface area contributed by atoms with Gasteiger partial charge in [0.1, 0.15) is 5.82 Å². The fourth-order valence-corrected chi connectivity index (χ4v) is 2.73. The Hall–Kier alpha value is -2.14. The van der Waals surface area contributed by atoms with E-state index in [-0.39, 0.29) is 5.91 Å². The van der Waals surface area contributed by atoms with E-state index in [1.807, 2.05) is 36.4 Å². The number of fused-ring (bicyclic) bond motifs is 1. The van der Waals surface area contributed by atoms with Gasteiger partial charge < -0.3 is 10.3 Å². The van der Waals surface area contributed by atoms with Gasteiger partial charge in [0.25, 0.3) is 5.91 Å². The van der Waals surface area contributed by atoms with Crippen LogP contribution >= 0.6 is 15.9 Å². The average molecular weight is 344 g/mol. The number of carbonyl (C=O) groups excluding carboxylic acids is 1. The summed E-state index contributed by atoms with van der Waals surface area (Å²) in [6.45, 7) is 0.558. The molecule has 2 N–H and O–H groups in total. The van der Waals surface area contributed by atoms with Crippen molar-refractivity contribution in [2.24, 2.45) is 0 Å². The quantitative estimate of drug-likeness (QED) is 0.763. The fourth-order valence-electron chi connectivity index (χ4n) is 2.22. The molecule has 0 atom stereocenters. The Kier molecular flexibility index (Phi) is 4.01. The van der Waals surface area contributed by atoms with Crippen molar-refractivity contribution in [1.82, 2.24) is 15.3 Å². The number of aromatic amines is 1. The number of hydrogen-bond acceptors (Lipinski definition) is 2. The molecule has 3 rings (SSSR count). The number of rotatable bonds is 4. The molecule has 0 aliphatic heterocycles. The van der Waals surface area contributed by atoms with Crippen LogP contribution in [-0.2, 0) is 6.42 Å². The summed E-state index contributed by atoms with van der Waals surface area (Å²) in [6.07, 6.45) is 4.18. The van der Waals surface area contributed by atoms with Gasteiger partial charge in [0.05, 0.1) is 0 Å². The number of imidazole rings is 1. The van der Waals surface area contributed by atoms with Crippen LogP contribution in [0.5, 0.6) is 0 Å². The highest BCUT2D eigenvalue weighted by atomic mass is 79.9. The van der Waals surface area contributed by atoms with Crippen LogP contribution in [0.2, 0.25) is 0 Å². The van der Waals surface area contributed by atoms with E-state index in [1.54, 1.807) is 12.4 Å². The number of halogens is 1. The Morgan fingerprint density at radius 3 is 3.00 bits per heavy atom. The second-order valence-corrected chi connectivity index (χ2v) is 5.57. The Morgan fingerprint density at radius 1 is 1.29 bits per heavy atom. The zero-order valence-electron chi connectivity index (χ0n) is 11.3. The zero-order valence-corrected chi connectivity index (χ0v) is 12.9. The highest BCUT2D eigenvalue weighted by Crippen LogP contribution is 2.24. The number of hydrogen-bond donors (Lipinski definition) is 2. The van der Waals surface area contributed by atoms with Gasteiger partial charge in [-0.3, -0.25) is 4.79 Å². The van der Waals surface area contributed by atoms with Crippen LogP contribution in [0.15, 0.2) is 53.3 Å². The van der Waals surface area contributed by atoms with E-state index in [0.29, 0.717) is 18.5 Å². The first kappa shape index (κ1) is 13.8. The Bertz CT molecular complexity index is 768. The molecular formula is C16H14BrN3O. The summed E-state index contributed by atoms with van der Waals surface area (Å²) in [7, 11) is 0. The molecule has 0 aliphatic rings.